The summed E-state index contributed by atoms with van der Waals surface area (Å²) in [4.78, 5) is 38.1. The van der Waals surface area contributed by atoms with Gasteiger partial charge in [0.25, 0.3) is 11.5 Å². The van der Waals surface area contributed by atoms with Crippen LogP contribution < -0.4 is 10.5 Å². The minimum Gasteiger partial charge on any atom is -0.340 e. The fraction of sp³-hybridized carbons (Fsp3) is 0.308. The van der Waals surface area contributed by atoms with Crippen LogP contribution in [-0.4, -0.2) is 56.2 Å². The van der Waals surface area contributed by atoms with E-state index in [4.69, 9.17) is 4.98 Å². The van der Waals surface area contributed by atoms with Gasteiger partial charge in [-0.2, -0.15) is 5.10 Å². The second-order valence-corrected chi connectivity index (χ2v) is 8.93. The molecule has 1 aliphatic rings. The second kappa shape index (κ2) is 8.78. The van der Waals surface area contributed by atoms with Crippen molar-refractivity contribution in [1.82, 2.24) is 24.6 Å². The number of aromatic amines is 1. The van der Waals surface area contributed by atoms with E-state index in [-0.39, 0.29) is 17.5 Å². The summed E-state index contributed by atoms with van der Waals surface area (Å²) in [6, 6.07) is 13.3. The van der Waals surface area contributed by atoms with E-state index < -0.39 is 0 Å². The first-order valence-corrected chi connectivity index (χ1v) is 11.6. The highest BCUT2D eigenvalue weighted by Crippen LogP contribution is 2.22. The van der Waals surface area contributed by atoms with Crippen LogP contribution in [0.15, 0.2) is 59.7 Å². The second-order valence-electron chi connectivity index (χ2n) is 8.93. The summed E-state index contributed by atoms with van der Waals surface area (Å²) in [6.07, 6.45) is 4.31. The predicted molar refractivity (Wildman–Crippen MR) is 133 cm³/mol. The van der Waals surface area contributed by atoms with Gasteiger partial charge in [0, 0.05) is 38.1 Å². The molecule has 1 amide bonds. The number of aryl methyl sites for hydroxylation is 2. The van der Waals surface area contributed by atoms with Crippen molar-refractivity contribution in [2.24, 2.45) is 0 Å². The minimum absolute atomic E-state index is 0.0217. The van der Waals surface area contributed by atoms with E-state index in [0.29, 0.717) is 42.0 Å². The molecule has 34 heavy (non-hydrogen) atoms. The summed E-state index contributed by atoms with van der Waals surface area (Å²) in [5.74, 6) is 0.533. The maximum Gasteiger partial charge on any atom is 0.260 e. The topological polar surface area (TPSA) is 87.1 Å². The average molecular weight is 457 g/mol. The molecule has 1 saturated heterocycles. The molecule has 3 heterocycles. The number of carbonyl (C=O) groups is 1. The average Bonchev–Trinajstić information content (AvgIpc) is 3.30. The van der Waals surface area contributed by atoms with Gasteiger partial charge in [-0.15, -0.1) is 0 Å². The summed E-state index contributed by atoms with van der Waals surface area (Å²) in [7, 11) is 0. The van der Waals surface area contributed by atoms with Crippen molar-refractivity contribution in [3.63, 3.8) is 0 Å². The number of fused-ring (bicyclic) bond motifs is 1. The SMILES string of the molecule is Cc1cc2nc(N3CCC(C)N(C(=O)c4ccccc4-n4cccn4)CC3)[nH]c(=O)c2cc1C. The molecule has 1 fully saturated rings. The lowest BCUT2D eigenvalue weighted by Gasteiger charge is -2.27. The third-order valence-corrected chi connectivity index (χ3v) is 6.71. The summed E-state index contributed by atoms with van der Waals surface area (Å²) in [5.41, 5.74) is 4.11. The lowest BCUT2D eigenvalue weighted by atomic mass is 10.1. The lowest BCUT2D eigenvalue weighted by molar-refractivity contribution is 0.0705. The van der Waals surface area contributed by atoms with Crippen LogP contribution in [0.25, 0.3) is 16.6 Å². The van der Waals surface area contributed by atoms with E-state index in [1.165, 1.54) is 0 Å². The number of amides is 1. The van der Waals surface area contributed by atoms with E-state index in [0.717, 1.165) is 23.2 Å². The van der Waals surface area contributed by atoms with Gasteiger partial charge in [-0.3, -0.25) is 14.6 Å². The number of anilines is 1. The number of hydrogen-bond donors (Lipinski definition) is 1. The van der Waals surface area contributed by atoms with E-state index >= 15 is 0 Å². The molecule has 0 aliphatic carbocycles. The van der Waals surface area contributed by atoms with Crippen LogP contribution in [0.4, 0.5) is 5.95 Å². The molecule has 2 aromatic carbocycles. The Morgan fingerprint density at radius 3 is 2.65 bits per heavy atom. The number of carbonyl (C=O) groups excluding carboxylic acids is 1. The minimum atomic E-state index is -0.138. The van der Waals surface area contributed by atoms with Crippen LogP contribution in [-0.2, 0) is 0 Å². The highest BCUT2D eigenvalue weighted by Gasteiger charge is 2.28. The lowest BCUT2D eigenvalue weighted by Crippen LogP contribution is -2.40. The Balaban J connectivity index is 1.42. The fourth-order valence-corrected chi connectivity index (χ4v) is 4.53. The third kappa shape index (κ3) is 3.96. The van der Waals surface area contributed by atoms with E-state index in [9.17, 15) is 9.59 Å². The number of benzene rings is 2. The molecular formula is C26H28N6O2. The number of hydrogen-bond acceptors (Lipinski definition) is 5. The maximum atomic E-state index is 13.6. The molecule has 0 spiro atoms. The largest absolute Gasteiger partial charge is 0.340 e. The van der Waals surface area contributed by atoms with Gasteiger partial charge in [0.2, 0.25) is 5.95 Å². The highest BCUT2D eigenvalue weighted by molar-refractivity contribution is 5.98. The number of nitrogens with zero attached hydrogens (tertiary/aromatic N) is 5. The Morgan fingerprint density at radius 1 is 1.06 bits per heavy atom. The molecule has 1 N–H and O–H groups in total. The van der Waals surface area contributed by atoms with Crippen molar-refractivity contribution in [1.29, 1.82) is 0 Å². The van der Waals surface area contributed by atoms with Gasteiger partial charge in [0.05, 0.1) is 22.2 Å². The number of aromatic nitrogens is 4. The first kappa shape index (κ1) is 21.9. The molecule has 8 heteroatoms. The van der Waals surface area contributed by atoms with Crippen LogP contribution in [0, 0.1) is 13.8 Å². The van der Waals surface area contributed by atoms with E-state index in [1.807, 2.05) is 67.4 Å². The molecule has 2 aromatic heterocycles. The van der Waals surface area contributed by atoms with Gasteiger partial charge in [0.1, 0.15) is 0 Å². The summed E-state index contributed by atoms with van der Waals surface area (Å²) in [5, 5.41) is 4.90. The first-order valence-electron chi connectivity index (χ1n) is 11.6. The van der Waals surface area contributed by atoms with Crippen LogP contribution >= 0.6 is 0 Å². The molecule has 8 nitrogen and oxygen atoms in total. The Bertz CT molecular complexity index is 1410. The third-order valence-electron chi connectivity index (χ3n) is 6.71. The van der Waals surface area contributed by atoms with Crippen LogP contribution in [0.5, 0.6) is 0 Å². The Labute approximate surface area is 197 Å². The van der Waals surface area contributed by atoms with Gasteiger partial charge in [-0.25, -0.2) is 9.67 Å². The van der Waals surface area contributed by atoms with E-state index in [1.54, 1.807) is 10.9 Å². The molecule has 0 radical (unpaired) electrons. The van der Waals surface area contributed by atoms with Gasteiger partial charge < -0.3 is 9.80 Å². The zero-order chi connectivity index (χ0) is 23.8. The van der Waals surface area contributed by atoms with Crippen molar-refractivity contribution in [2.75, 3.05) is 24.5 Å². The molecule has 1 atom stereocenters. The van der Waals surface area contributed by atoms with Gasteiger partial charge >= 0.3 is 0 Å². The van der Waals surface area contributed by atoms with Crippen LogP contribution in [0.2, 0.25) is 0 Å². The number of para-hydroxylation sites is 1. The molecular weight excluding hydrogens is 428 g/mol. The molecule has 174 valence electrons. The number of H-pyrrole nitrogens is 1. The Morgan fingerprint density at radius 2 is 1.85 bits per heavy atom. The summed E-state index contributed by atoms with van der Waals surface area (Å²) in [6.45, 7) is 7.90. The van der Waals surface area contributed by atoms with Crippen molar-refractivity contribution in [3.05, 3.63) is 81.9 Å². The zero-order valence-corrected chi connectivity index (χ0v) is 19.7. The van der Waals surface area contributed by atoms with Crippen molar-refractivity contribution in [3.8, 4) is 5.69 Å². The fourth-order valence-electron chi connectivity index (χ4n) is 4.53. The number of rotatable bonds is 3. The van der Waals surface area contributed by atoms with Gasteiger partial charge in [-0.1, -0.05) is 12.1 Å². The zero-order valence-electron chi connectivity index (χ0n) is 19.7. The summed E-state index contributed by atoms with van der Waals surface area (Å²) >= 11 is 0. The molecule has 0 bridgehead atoms. The molecule has 1 unspecified atom stereocenters. The van der Waals surface area contributed by atoms with Crippen LogP contribution in [0.3, 0.4) is 0 Å². The Kier molecular flexibility index (Phi) is 5.65. The first-order chi connectivity index (χ1) is 16.4. The van der Waals surface area contributed by atoms with Gasteiger partial charge in [-0.05, 0) is 68.7 Å². The standard InChI is InChI=1S/C26H28N6O2/c1-17-15-21-22(16-18(17)2)28-26(29-24(21)33)30-12-9-19(3)31(14-13-30)25(34)20-7-4-5-8-23(20)32-11-6-10-27-32/h4-8,10-11,15-16,19H,9,12-14H2,1-3H3,(H,28,29,33). The van der Waals surface area contributed by atoms with Crippen LogP contribution in [0.1, 0.15) is 34.8 Å². The normalized spacial score (nSPS) is 16.6. The monoisotopic (exact) mass is 456 g/mol. The predicted octanol–water partition coefficient (Wildman–Crippen LogP) is 3.47. The quantitative estimate of drug-likeness (QED) is 0.510. The van der Waals surface area contributed by atoms with E-state index in [2.05, 4.69) is 21.9 Å². The smallest absolute Gasteiger partial charge is 0.260 e. The highest BCUT2D eigenvalue weighted by atomic mass is 16.2. The molecule has 5 rings (SSSR count). The molecule has 4 aromatic rings. The van der Waals surface area contributed by atoms with Crippen molar-refractivity contribution < 1.29 is 4.79 Å². The Hall–Kier alpha value is -3.94. The van der Waals surface area contributed by atoms with Gasteiger partial charge in [0.15, 0.2) is 0 Å². The van der Waals surface area contributed by atoms with Crippen molar-refractivity contribution in [2.45, 2.75) is 33.2 Å². The maximum absolute atomic E-state index is 13.6. The summed E-state index contributed by atoms with van der Waals surface area (Å²) < 4.78 is 1.72. The molecule has 1 aliphatic heterocycles. The molecule has 0 saturated carbocycles. The number of nitrogens with one attached hydrogen (secondary N) is 1. The van der Waals surface area contributed by atoms with Crippen molar-refractivity contribution >= 4 is 22.8 Å².